The van der Waals surface area contributed by atoms with E-state index in [1.807, 2.05) is 6.07 Å². The molecule has 0 radical (unpaired) electrons. The van der Waals surface area contributed by atoms with Crippen molar-refractivity contribution in [1.29, 1.82) is 5.26 Å². The minimum absolute atomic E-state index is 0.204. The summed E-state index contributed by atoms with van der Waals surface area (Å²) in [4.78, 5) is 16.5. The van der Waals surface area contributed by atoms with E-state index in [0.29, 0.717) is 32.7 Å². The van der Waals surface area contributed by atoms with E-state index in [0.717, 1.165) is 0 Å². The van der Waals surface area contributed by atoms with Crippen LogP contribution in [0.4, 0.5) is 17.1 Å². The van der Waals surface area contributed by atoms with Crippen molar-refractivity contribution in [3.05, 3.63) is 82.1 Å². The number of rotatable bonds is 4. The maximum Gasteiger partial charge on any atom is 0.274 e. The van der Waals surface area contributed by atoms with Crippen LogP contribution >= 0.6 is 23.2 Å². The third kappa shape index (κ3) is 4.12. The second-order valence-corrected chi connectivity index (χ2v) is 6.13. The first-order chi connectivity index (χ1) is 12.6. The lowest BCUT2D eigenvalue weighted by molar-refractivity contribution is 0.102. The summed E-state index contributed by atoms with van der Waals surface area (Å²) in [6.07, 6.45) is 1.51. The minimum Gasteiger partial charge on any atom is -0.354 e. The number of hydrogen-bond donors (Lipinski definition) is 2. The topological polar surface area (TPSA) is 77.8 Å². The van der Waals surface area contributed by atoms with Gasteiger partial charge in [0.1, 0.15) is 11.8 Å². The van der Waals surface area contributed by atoms with E-state index in [4.69, 9.17) is 28.5 Å². The van der Waals surface area contributed by atoms with Gasteiger partial charge in [-0.15, -0.1) is 0 Å². The summed E-state index contributed by atoms with van der Waals surface area (Å²) in [6, 6.07) is 17.3. The van der Waals surface area contributed by atoms with Crippen molar-refractivity contribution < 1.29 is 4.79 Å². The molecule has 0 bridgehead atoms. The Labute approximate surface area is 160 Å². The highest BCUT2D eigenvalue weighted by atomic mass is 35.5. The van der Waals surface area contributed by atoms with Crippen LogP contribution in [0.25, 0.3) is 0 Å². The van der Waals surface area contributed by atoms with Gasteiger partial charge in [0, 0.05) is 16.9 Å². The van der Waals surface area contributed by atoms with Gasteiger partial charge in [0.15, 0.2) is 0 Å². The molecule has 3 aromatic rings. The predicted octanol–water partition coefficient (Wildman–Crippen LogP) is 5.26. The van der Waals surface area contributed by atoms with Crippen LogP contribution in [0.15, 0.2) is 60.8 Å². The number of anilines is 3. The average Bonchev–Trinajstić information content (AvgIpc) is 2.64. The van der Waals surface area contributed by atoms with Gasteiger partial charge in [-0.2, -0.15) is 5.26 Å². The molecule has 0 aliphatic rings. The molecule has 0 fully saturated rings. The Morgan fingerprint density at radius 1 is 1.04 bits per heavy atom. The predicted molar refractivity (Wildman–Crippen MR) is 103 cm³/mol. The van der Waals surface area contributed by atoms with Crippen LogP contribution in [0.2, 0.25) is 10.0 Å². The highest BCUT2D eigenvalue weighted by molar-refractivity contribution is 6.36. The summed E-state index contributed by atoms with van der Waals surface area (Å²) in [5.74, 6) is -0.411. The lowest BCUT2D eigenvalue weighted by atomic mass is 10.2. The van der Waals surface area contributed by atoms with Gasteiger partial charge in [-0.1, -0.05) is 35.3 Å². The molecule has 1 heterocycles. The fourth-order valence-corrected chi connectivity index (χ4v) is 2.71. The molecule has 26 heavy (non-hydrogen) atoms. The molecule has 0 spiro atoms. The van der Waals surface area contributed by atoms with Gasteiger partial charge in [-0.25, -0.2) is 0 Å². The molecule has 0 aliphatic heterocycles. The van der Waals surface area contributed by atoms with Gasteiger partial charge in [0.2, 0.25) is 0 Å². The Morgan fingerprint density at radius 3 is 2.62 bits per heavy atom. The maximum absolute atomic E-state index is 12.4. The fraction of sp³-hybridized carbons (Fsp3) is 0. The molecule has 1 amide bonds. The number of amides is 1. The van der Waals surface area contributed by atoms with Crippen molar-refractivity contribution in [2.24, 2.45) is 0 Å². The largest absolute Gasteiger partial charge is 0.354 e. The summed E-state index contributed by atoms with van der Waals surface area (Å²) in [5, 5.41) is 15.8. The number of aromatic nitrogens is 1. The van der Waals surface area contributed by atoms with Crippen molar-refractivity contribution in [3.63, 3.8) is 0 Å². The zero-order valence-corrected chi connectivity index (χ0v) is 14.8. The van der Waals surface area contributed by atoms with Crippen LogP contribution in [0.3, 0.4) is 0 Å². The fourth-order valence-electron chi connectivity index (χ4n) is 2.25. The maximum atomic E-state index is 12.4. The smallest absolute Gasteiger partial charge is 0.274 e. The van der Waals surface area contributed by atoms with Crippen molar-refractivity contribution >= 4 is 46.2 Å². The van der Waals surface area contributed by atoms with Gasteiger partial charge in [-0.05, 0) is 42.5 Å². The van der Waals surface area contributed by atoms with E-state index in [2.05, 4.69) is 21.7 Å². The molecule has 7 heteroatoms. The van der Waals surface area contributed by atoms with Crippen LogP contribution in [0.5, 0.6) is 0 Å². The van der Waals surface area contributed by atoms with E-state index in [1.54, 1.807) is 48.5 Å². The van der Waals surface area contributed by atoms with Gasteiger partial charge in [0.05, 0.1) is 22.0 Å². The highest BCUT2D eigenvalue weighted by Gasteiger charge is 2.11. The van der Waals surface area contributed by atoms with E-state index in [9.17, 15) is 4.79 Å². The Hall–Kier alpha value is -3.07. The Balaban J connectivity index is 1.80. The van der Waals surface area contributed by atoms with Crippen LogP contribution < -0.4 is 10.6 Å². The van der Waals surface area contributed by atoms with E-state index in [1.165, 1.54) is 6.20 Å². The number of carbonyl (C=O) groups excluding carboxylic acids is 1. The zero-order valence-electron chi connectivity index (χ0n) is 13.3. The summed E-state index contributed by atoms with van der Waals surface area (Å²) >= 11 is 11.9. The van der Waals surface area contributed by atoms with Crippen LogP contribution in [-0.2, 0) is 0 Å². The molecule has 1 aromatic heterocycles. The van der Waals surface area contributed by atoms with Crippen LogP contribution in [0, 0.1) is 11.3 Å². The average molecular weight is 383 g/mol. The summed E-state index contributed by atoms with van der Waals surface area (Å²) in [5.41, 5.74) is 2.43. The second-order valence-electron chi connectivity index (χ2n) is 5.29. The van der Waals surface area contributed by atoms with Gasteiger partial charge >= 0.3 is 0 Å². The third-order valence-electron chi connectivity index (χ3n) is 3.50. The number of carbonyl (C=O) groups is 1. The van der Waals surface area contributed by atoms with Crippen molar-refractivity contribution in [2.75, 3.05) is 10.6 Å². The molecule has 0 saturated heterocycles. The Bertz CT molecular complexity index is 1010. The number of nitrogens with zero attached hydrogens (tertiary/aromatic N) is 2. The minimum atomic E-state index is -0.411. The van der Waals surface area contributed by atoms with Gasteiger partial charge in [0.25, 0.3) is 5.91 Å². The number of pyridine rings is 1. The second kappa shape index (κ2) is 7.87. The van der Waals surface area contributed by atoms with E-state index in [-0.39, 0.29) is 5.69 Å². The first-order valence-electron chi connectivity index (χ1n) is 7.55. The van der Waals surface area contributed by atoms with Gasteiger partial charge < -0.3 is 10.6 Å². The standard InChI is InChI=1S/C19H12Cl2N4O/c20-13-5-6-17(15(21)9-13)25-19(26)18-10-14(7-8-23-18)24-16-4-2-1-3-12(16)11-22/h1-10H,(H,23,24)(H,25,26). The number of halogens is 2. The van der Waals surface area contributed by atoms with Crippen LogP contribution in [-0.4, -0.2) is 10.9 Å². The SMILES string of the molecule is N#Cc1ccccc1Nc1ccnc(C(=O)Nc2ccc(Cl)cc2Cl)c1. The van der Waals surface area contributed by atoms with Crippen molar-refractivity contribution in [1.82, 2.24) is 4.98 Å². The molecule has 0 unspecified atom stereocenters. The normalized spacial score (nSPS) is 10.0. The molecule has 2 N–H and O–H groups in total. The molecule has 2 aromatic carbocycles. The third-order valence-corrected chi connectivity index (χ3v) is 4.05. The number of nitrogens with one attached hydrogen (secondary N) is 2. The Morgan fingerprint density at radius 2 is 1.85 bits per heavy atom. The van der Waals surface area contributed by atoms with Gasteiger partial charge in [-0.3, -0.25) is 9.78 Å². The quantitative estimate of drug-likeness (QED) is 0.645. The zero-order chi connectivity index (χ0) is 18.5. The number of nitriles is 1. The monoisotopic (exact) mass is 382 g/mol. The summed E-state index contributed by atoms with van der Waals surface area (Å²) in [7, 11) is 0. The first-order valence-corrected chi connectivity index (χ1v) is 8.31. The lowest BCUT2D eigenvalue weighted by Crippen LogP contribution is -2.14. The molecule has 0 aliphatic carbocycles. The molecule has 5 nitrogen and oxygen atoms in total. The molecular formula is C19H12Cl2N4O. The number of hydrogen-bond acceptors (Lipinski definition) is 4. The number of benzene rings is 2. The van der Waals surface area contributed by atoms with Crippen molar-refractivity contribution in [3.8, 4) is 6.07 Å². The van der Waals surface area contributed by atoms with Crippen LogP contribution in [0.1, 0.15) is 16.1 Å². The molecular weight excluding hydrogens is 371 g/mol. The number of para-hydroxylation sites is 1. The van der Waals surface area contributed by atoms with E-state index >= 15 is 0 Å². The summed E-state index contributed by atoms with van der Waals surface area (Å²) in [6.45, 7) is 0. The lowest BCUT2D eigenvalue weighted by Gasteiger charge is -2.10. The van der Waals surface area contributed by atoms with Crippen molar-refractivity contribution in [2.45, 2.75) is 0 Å². The van der Waals surface area contributed by atoms with E-state index < -0.39 is 5.91 Å². The Kier molecular flexibility index (Phi) is 5.37. The molecule has 0 atom stereocenters. The summed E-state index contributed by atoms with van der Waals surface area (Å²) < 4.78 is 0. The molecule has 128 valence electrons. The highest BCUT2D eigenvalue weighted by Crippen LogP contribution is 2.26. The molecule has 0 saturated carbocycles. The first kappa shape index (κ1) is 17.7. The molecule has 3 rings (SSSR count).